The van der Waals surface area contributed by atoms with Crippen molar-refractivity contribution in [2.75, 3.05) is 20.1 Å². The van der Waals surface area contributed by atoms with E-state index < -0.39 is 10.0 Å². The Labute approximate surface area is 172 Å². The lowest BCUT2D eigenvalue weighted by molar-refractivity contribution is 0.0742. The van der Waals surface area contributed by atoms with Crippen LogP contribution in [0.4, 0.5) is 0 Å². The first-order chi connectivity index (χ1) is 13.3. The van der Waals surface area contributed by atoms with Gasteiger partial charge in [0.25, 0.3) is 5.91 Å². The molecule has 1 heterocycles. The zero-order chi connectivity index (χ0) is 20.3. The molecule has 3 rings (SSSR count). The SMILES string of the molecule is CC(c1ccccc1)N(C)C(=O)c1ccc(Cl)c(S(=O)(=O)N2CCCCC2)c1. The summed E-state index contributed by atoms with van der Waals surface area (Å²) in [5.41, 5.74) is 1.32. The lowest BCUT2D eigenvalue weighted by Gasteiger charge is -2.27. The van der Waals surface area contributed by atoms with Gasteiger partial charge in [-0.25, -0.2) is 8.42 Å². The highest BCUT2D eigenvalue weighted by atomic mass is 35.5. The van der Waals surface area contributed by atoms with Crippen molar-refractivity contribution in [3.8, 4) is 0 Å². The highest BCUT2D eigenvalue weighted by Gasteiger charge is 2.29. The minimum atomic E-state index is -3.72. The molecule has 0 aliphatic carbocycles. The fourth-order valence-corrected chi connectivity index (χ4v) is 5.43. The molecule has 1 aliphatic heterocycles. The van der Waals surface area contributed by atoms with Crippen LogP contribution in [0.2, 0.25) is 5.02 Å². The summed E-state index contributed by atoms with van der Waals surface area (Å²) in [6, 6.07) is 14.0. The van der Waals surface area contributed by atoms with Gasteiger partial charge in [-0.3, -0.25) is 4.79 Å². The van der Waals surface area contributed by atoms with Gasteiger partial charge in [0, 0.05) is 25.7 Å². The molecule has 5 nitrogen and oxygen atoms in total. The van der Waals surface area contributed by atoms with Crippen LogP contribution < -0.4 is 0 Å². The second-order valence-electron chi connectivity index (χ2n) is 7.11. The molecule has 150 valence electrons. The second-order valence-corrected chi connectivity index (χ2v) is 9.43. The van der Waals surface area contributed by atoms with E-state index in [1.165, 1.54) is 16.4 Å². The first kappa shape index (κ1) is 20.8. The molecule has 1 fully saturated rings. The van der Waals surface area contributed by atoms with Gasteiger partial charge in [-0.1, -0.05) is 48.4 Å². The highest BCUT2D eigenvalue weighted by molar-refractivity contribution is 7.89. The monoisotopic (exact) mass is 420 g/mol. The molecule has 2 aromatic carbocycles. The molecular weight excluding hydrogens is 396 g/mol. The molecule has 1 saturated heterocycles. The maximum absolute atomic E-state index is 13.0. The van der Waals surface area contributed by atoms with E-state index in [0.29, 0.717) is 18.7 Å². The van der Waals surface area contributed by atoms with Crippen LogP contribution >= 0.6 is 11.6 Å². The Hall–Kier alpha value is -1.89. The zero-order valence-electron chi connectivity index (χ0n) is 16.1. The van der Waals surface area contributed by atoms with Gasteiger partial charge in [-0.05, 0) is 43.5 Å². The summed E-state index contributed by atoms with van der Waals surface area (Å²) in [4.78, 5) is 14.6. The predicted molar refractivity (Wildman–Crippen MR) is 111 cm³/mol. The van der Waals surface area contributed by atoms with Crippen LogP contribution in [0, 0.1) is 0 Å². The van der Waals surface area contributed by atoms with Crippen molar-refractivity contribution in [1.82, 2.24) is 9.21 Å². The number of amides is 1. The third-order valence-electron chi connectivity index (χ3n) is 5.29. The minimum absolute atomic E-state index is 0.00248. The van der Waals surface area contributed by atoms with Gasteiger partial charge in [0.2, 0.25) is 10.0 Å². The molecule has 0 aromatic heterocycles. The van der Waals surface area contributed by atoms with Crippen LogP contribution in [0.3, 0.4) is 0 Å². The van der Waals surface area contributed by atoms with Gasteiger partial charge in [-0.15, -0.1) is 0 Å². The molecule has 1 amide bonds. The molecule has 0 radical (unpaired) electrons. The number of carbonyl (C=O) groups is 1. The van der Waals surface area contributed by atoms with E-state index in [1.54, 1.807) is 18.0 Å². The maximum atomic E-state index is 13.0. The third kappa shape index (κ3) is 4.24. The van der Waals surface area contributed by atoms with Crippen LogP contribution in [-0.4, -0.2) is 43.7 Å². The average Bonchev–Trinajstić information content (AvgIpc) is 2.73. The van der Waals surface area contributed by atoms with Crippen molar-refractivity contribution in [2.24, 2.45) is 0 Å². The molecule has 1 atom stereocenters. The Morgan fingerprint density at radius 2 is 1.71 bits per heavy atom. The molecule has 1 unspecified atom stereocenters. The van der Waals surface area contributed by atoms with E-state index in [4.69, 9.17) is 11.6 Å². The molecule has 7 heteroatoms. The van der Waals surface area contributed by atoms with Crippen LogP contribution in [-0.2, 0) is 10.0 Å². The van der Waals surface area contributed by atoms with Crippen LogP contribution in [0.15, 0.2) is 53.4 Å². The van der Waals surface area contributed by atoms with Gasteiger partial charge >= 0.3 is 0 Å². The lowest BCUT2D eigenvalue weighted by atomic mass is 10.1. The standard InChI is InChI=1S/C21H25ClN2O3S/c1-16(17-9-5-3-6-10-17)23(2)21(25)18-11-12-19(22)20(15-18)28(26,27)24-13-7-4-8-14-24/h3,5-6,9-12,15-16H,4,7-8,13-14H2,1-2H3. The fraction of sp³-hybridized carbons (Fsp3) is 0.381. The number of hydrogen-bond acceptors (Lipinski definition) is 3. The first-order valence-corrected chi connectivity index (χ1v) is 11.3. The number of sulfonamides is 1. The highest BCUT2D eigenvalue weighted by Crippen LogP contribution is 2.29. The smallest absolute Gasteiger partial charge is 0.254 e. The molecule has 0 spiro atoms. The van der Waals surface area contributed by atoms with Crippen LogP contribution in [0.1, 0.15) is 48.1 Å². The summed E-state index contributed by atoms with van der Waals surface area (Å²) >= 11 is 6.21. The predicted octanol–water partition coefficient (Wildman–Crippen LogP) is 4.35. The van der Waals surface area contributed by atoms with E-state index in [1.807, 2.05) is 37.3 Å². The van der Waals surface area contributed by atoms with Crippen molar-refractivity contribution in [3.63, 3.8) is 0 Å². The number of benzene rings is 2. The number of hydrogen-bond donors (Lipinski definition) is 0. The Morgan fingerprint density at radius 3 is 2.36 bits per heavy atom. The number of carbonyl (C=O) groups excluding carboxylic acids is 1. The topological polar surface area (TPSA) is 57.7 Å². The fourth-order valence-electron chi connectivity index (χ4n) is 3.41. The number of nitrogens with zero attached hydrogens (tertiary/aromatic N) is 2. The molecule has 28 heavy (non-hydrogen) atoms. The Bertz CT molecular complexity index is 941. The summed E-state index contributed by atoms with van der Waals surface area (Å²) in [5.74, 6) is -0.247. The minimum Gasteiger partial charge on any atom is -0.335 e. The molecule has 0 saturated carbocycles. The van der Waals surface area contributed by atoms with Gasteiger partial charge in [0.1, 0.15) is 4.90 Å². The van der Waals surface area contributed by atoms with Gasteiger partial charge < -0.3 is 4.90 Å². The number of piperidine rings is 1. The third-order valence-corrected chi connectivity index (χ3v) is 7.67. The Morgan fingerprint density at radius 1 is 1.07 bits per heavy atom. The lowest BCUT2D eigenvalue weighted by Crippen LogP contribution is -2.36. The van der Waals surface area contributed by atoms with Crippen LogP contribution in [0.25, 0.3) is 0 Å². The first-order valence-electron chi connectivity index (χ1n) is 9.44. The normalized spacial score (nSPS) is 16.5. The van der Waals surface area contributed by atoms with Gasteiger partial charge in [-0.2, -0.15) is 4.31 Å². The van der Waals surface area contributed by atoms with Crippen molar-refractivity contribution in [3.05, 3.63) is 64.7 Å². The zero-order valence-corrected chi connectivity index (χ0v) is 17.7. The van der Waals surface area contributed by atoms with Gasteiger partial charge in [0.05, 0.1) is 11.1 Å². The van der Waals surface area contributed by atoms with Crippen molar-refractivity contribution in [1.29, 1.82) is 0 Å². The van der Waals surface area contributed by atoms with Crippen LogP contribution in [0.5, 0.6) is 0 Å². The quantitative estimate of drug-likeness (QED) is 0.722. The van der Waals surface area contributed by atoms with E-state index in [9.17, 15) is 13.2 Å². The average molecular weight is 421 g/mol. The molecule has 0 bridgehead atoms. The summed E-state index contributed by atoms with van der Waals surface area (Å²) in [6.07, 6.45) is 2.71. The maximum Gasteiger partial charge on any atom is 0.254 e. The summed E-state index contributed by atoms with van der Waals surface area (Å²) in [6.45, 7) is 2.91. The van der Waals surface area contributed by atoms with E-state index in [0.717, 1.165) is 24.8 Å². The Balaban J connectivity index is 1.89. The molecule has 0 N–H and O–H groups in total. The van der Waals surface area contributed by atoms with E-state index >= 15 is 0 Å². The number of halogens is 1. The number of rotatable bonds is 5. The van der Waals surface area contributed by atoms with Crippen molar-refractivity contribution in [2.45, 2.75) is 37.1 Å². The van der Waals surface area contributed by atoms with Crippen molar-refractivity contribution < 1.29 is 13.2 Å². The van der Waals surface area contributed by atoms with E-state index in [-0.39, 0.29) is 21.9 Å². The van der Waals surface area contributed by atoms with Gasteiger partial charge in [0.15, 0.2) is 0 Å². The molecule has 2 aromatic rings. The Kier molecular flexibility index (Phi) is 6.43. The summed E-state index contributed by atoms with van der Waals surface area (Å²) < 4.78 is 27.5. The molecule has 1 aliphatic rings. The molecular formula is C21H25ClN2O3S. The summed E-state index contributed by atoms with van der Waals surface area (Å²) in [7, 11) is -2.00. The van der Waals surface area contributed by atoms with E-state index in [2.05, 4.69) is 0 Å². The largest absolute Gasteiger partial charge is 0.335 e. The summed E-state index contributed by atoms with van der Waals surface area (Å²) in [5, 5.41) is 0.140. The van der Waals surface area contributed by atoms with Crippen molar-refractivity contribution >= 4 is 27.5 Å². The second kappa shape index (κ2) is 8.64.